The van der Waals surface area contributed by atoms with Crippen molar-refractivity contribution in [2.75, 3.05) is 12.8 Å². The lowest BCUT2D eigenvalue weighted by atomic mass is 10.1. The number of hydrogen-bond acceptors (Lipinski definition) is 10. The highest BCUT2D eigenvalue weighted by molar-refractivity contribution is 5.78. The highest BCUT2D eigenvalue weighted by atomic mass is 19.4. The number of fused-ring (bicyclic) bond motifs is 1. The first-order valence-corrected chi connectivity index (χ1v) is 10.6. The van der Waals surface area contributed by atoms with Gasteiger partial charge in [0.25, 0.3) is 0 Å². The van der Waals surface area contributed by atoms with Gasteiger partial charge in [0.05, 0.1) is 13.5 Å². The van der Waals surface area contributed by atoms with Crippen LogP contribution < -0.4 is 16.2 Å². The van der Waals surface area contributed by atoms with Gasteiger partial charge in [-0.05, 0) is 0 Å². The van der Waals surface area contributed by atoms with Crippen molar-refractivity contribution >= 4 is 29.1 Å². The molecule has 5 atom stereocenters. The summed E-state index contributed by atoms with van der Waals surface area (Å²) < 4.78 is 115. The number of anilines is 1. The fourth-order valence-electron chi connectivity index (χ4n) is 3.89. The average molecular weight is 563 g/mol. The summed E-state index contributed by atoms with van der Waals surface area (Å²) in [5, 5.41) is 0. The summed E-state index contributed by atoms with van der Waals surface area (Å²) in [6.45, 7) is 0.358. The van der Waals surface area contributed by atoms with Crippen molar-refractivity contribution in [3.05, 3.63) is 10.5 Å². The van der Waals surface area contributed by atoms with Crippen LogP contribution in [0.15, 0.2) is 4.79 Å². The Kier molecular flexibility index (Phi) is 7.81. The standard InChI is InChI=1S/C19H20F7N5O7/c1-6(32)36-11-8(20)10(12(19(24,25)26)37-7(2)33)38-15(11)31-13-9(14(35-3)29-16(27)28-13)30(17(31)34)5-4-18(21,22)23/h8,10-12,15H,4-5H2,1-3H3,(H2,27,28,29)/t8?,10?,11?,12-,15?/m1/s1. The van der Waals surface area contributed by atoms with Crippen LogP contribution in [0.5, 0.6) is 5.88 Å². The number of carbonyl (C=O) groups is 2. The number of carbonyl (C=O) groups excluding carboxylic acids is 2. The molecule has 38 heavy (non-hydrogen) atoms. The molecule has 1 aliphatic rings. The Bertz CT molecular complexity index is 1280. The van der Waals surface area contributed by atoms with Crippen molar-refractivity contribution < 1.29 is 59.3 Å². The third-order valence-electron chi connectivity index (χ3n) is 5.27. The molecule has 19 heteroatoms. The molecule has 3 rings (SSSR count). The van der Waals surface area contributed by atoms with Gasteiger partial charge in [0.15, 0.2) is 29.7 Å². The molecule has 12 nitrogen and oxygen atoms in total. The monoisotopic (exact) mass is 563 g/mol. The van der Waals surface area contributed by atoms with Crippen LogP contribution in [0, 0.1) is 0 Å². The smallest absolute Gasteiger partial charge is 0.428 e. The van der Waals surface area contributed by atoms with E-state index in [1.54, 1.807) is 0 Å². The Morgan fingerprint density at radius 3 is 2.26 bits per heavy atom. The Morgan fingerprint density at radius 1 is 1.13 bits per heavy atom. The molecule has 2 aromatic heterocycles. The average Bonchev–Trinajstić information content (AvgIpc) is 3.21. The number of ether oxygens (including phenoxy) is 4. The van der Waals surface area contributed by atoms with Gasteiger partial charge < -0.3 is 24.7 Å². The van der Waals surface area contributed by atoms with Crippen LogP contribution in [-0.4, -0.2) is 75.0 Å². The lowest BCUT2D eigenvalue weighted by Gasteiger charge is -2.26. The van der Waals surface area contributed by atoms with Crippen LogP contribution in [0.2, 0.25) is 0 Å². The highest BCUT2D eigenvalue weighted by Gasteiger charge is 2.60. The molecule has 0 saturated carbocycles. The molecule has 1 aliphatic heterocycles. The summed E-state index contributed by atoms with van der Waals surface area (Å²) >= 11 is 0. The summed E-state index contributed by atoms with van der Waals surface area (Å²) in [5.74, 6) is -3.74. The van der Waals surface area contributed by atoms with Gasteiger partial charge in [-0.25, -0.2) is 13.8 Å². The number of aromatic nitrogens is 4. The molecular formula is C19H20F7N5O7. The number of imidazole rings is 1. The summed E-state index contributed by atoms with van der Waals surface area (Å²) in [5.41, 5.74) is 3.11. The second kappa shape index (κ2) is 10.3. The number of rotatable bonds is 7. The number of methoxy groups -OCH3 is 1. The molecule has 1 fully saturated rings. The van der Waals surface area contributed by atoms with Gasteiger partial charge in [0.2, 0.25) is 17.9 Å². The molecule has 4 unspecified atom stereocenters. The van der Waals surface area contributed by atoms with Gasteiger partial charge in [-0.2, -0.15) is 36.3 Å². The zero-order valence-corrected chi connectivity index (χ0v) is 19.7. The quantitative estimate of drug-likeness (QED) is 0.390. The second-order valence-electron chi connectivity index (χ2n) is 8.01. The topological polar surface area (TPSA) is 150 Å². The molecule has 1 saturated heterocycles. The number of hydrogen-bond donors (Lipinski definition) is 1. The largest absolute Gasteiger partial charge is 0.479 e. The van der Waals surface area contributed by atoms with E-state index in [4.69, 9.17) is 19.9 Å². The van der Waals surface area contributed by atoms with E-state index in [2.05, 4.69) is 14.7 Å². The number of esters is 2. The first kappa shape index (κ1) is 28.9. The Labute approximate surface area is 207 Å². The zero-order chi connectivity index (χ0) is 28.7. The van der Waals surface area contributed by atoms with Crippen LogP contribution in [0.1, 0.15) is 26.5 Å². The predicted octanol–water partition coefficient (Wildman–Crippen LogP) is 1.80. The third-order valence-corrected chi connectivity index (χ3v) is 5.27. The maximum atomic E-state index is 15.4. The predicted molar refractivity (Wildman–Crippen MR) is 109 cm³/mol. The molecule has 2 aromatic rings. The van der Waals surface area contributed by atoms with E-state index in [1.807, 2.05) is 0 Å². The van der Waals surface area contributed by atoms with E-state index in [-0.39, 0.29) is 0 Å². The molecule has 2 N–H and O–H groups in total. The van der Waals surface area contributed by atoms with Crippen molar-refractivity contribution in [1.29, 1.82) is 0 Å². The van der Waals surface area contributed by atoms with Crippen LogP contribution >= 0.6 is 0 Å². The fraction of sp³-hybridized carbons (Fsp3) is 0.632. The van der Waals surface area contributed by atoms with Crippen molar-refractivity contribution in [1.82, 2.24) is 19.1 Å². The molecule has 212 valence electrons. The first-order chi connectivity index (χ1) is 17.5. The van der Waals surface area contributed by atoms with Crippen LogP contribution in [0.3, 0.4) is 0 Å². The maximum absolute atomic E-state index is 15.4. The van der Waals surface area contributed by atoms with Crippen LogP contribution in [0.25, 0.3) is 11.2 Å². The second-order valence-corrected chi connectivity index (χ2v) is 8.01. The van der Waals surface area contributed by atoms with Gasteiger partial charge in [-0.3, -0.25) is 14.2 Å². The van der Waals surface area contributed by atoms with Gasteiger partial charge in [-0.15, -0.1) is 0 Å². The molecule has 0 amide bonds. The lowest BCUT2D eigenvalue weighted by molar-refractivity contribution is -0.252. The Balaban J connectivity index is 2.25. The minimum atomic E-state index is -5.38. The van der Waals surface area contributed by atoms with Crippen LogP contribution in [-0.2, 0) is 30.3 Å². The van der Waals surface area contributed by atoms with Crippen molar-refractivity contribution in [3.8, 4) is 5.88 Å². The Hall–Kier alpha value is -3.64. The van der Waals surface area contributed by atoms with Gasteiger partial charge >= 0.3 is 30.0 Å². The summed E-state index contributed by atoms with van der Waals surface area (Å²) in [4.78, 5) is 43.7. The van der Waals surface area contributed by atoms with Crippen molar-refractivity contribution in [2.24, 2.45) is 0 Å². The third kappa shape index (κ3) is 5.76. The number of aryl methyl sites for hydroxylation is 1. The molecule has 0 aromatic carbocycles. The highest BCUT2D eigenvalue weighted by Crippen LogP contribution is 2.41. The van der Waals surface area contributed by atoms with E-state index in [1.165, 1.54) is 0 Å². The molecular weight excluding hydrogens is 543 g/mol. The van der Waals surface area contributed by atoms with Crippen molar-refractivity contribution in [2.45, 2.75) is 69.9 Å². The molecule has 0 aliphatic carbocycles. The van der Waals surface area contributed by atoms with E-state index >= 15 is 4.39 Å². The molecule has 0 spiro atoms. The number of nitrogens with zero attached hydrogens (tertiary/aromatic N) is 4. The molecule has 3 heterocycles. The Morgan fingerprint density at radius 2 is 1.76 bits per heavy atom. The van der Waals surface area contributed by atoms with E-state index in [0.717, 1.165) is 14.0 Å². The van der Waals surface area contributed by atoms with Gasteiger partial charge in [0, 0.05) is 20.4 Å². The SMILES string of the molecule is COc1nc(N)nc2c1n(CCC(F)(F)F)c(=O)n2C1OC([C@@H](OC(C)=O)C(F)(F)F)C(F)C1OC(C)=O. The van der Waals surface area contributed by atoms with E-state index in [9.17, 15) is 40.7 Å². The normalized spacial score (nSPS) is 22.9. The zero-order valence-electron chi connectivity index (χ0n) is 19.7. The summed E-state index contributed by atoms with van der Waals surface area (Å²) in [7, 11) is 1.03. The summed E-state index contributed by atoms with van der Waals surface area (Å²) in [6, 6.07) is 0. The van der Waals surface area contributed by atoms with E-state index in [0.29, 0.717) is 16.1 Å². The number of alkyl halides is 7. The number of halogens is 7. The first-order valence-electron chi connectivity index (χ1n) is 10.6. The van der Waals surface area contributed by atoms with Crippen LogP contribution in [0.4, 0.5) is 36.7 Å². The fourth-order valence-corrected chi connectivity index (χ4v) is 3.89. The number of nitrogen functional groups attached to an aromatic ring is 1. The molecule has 0 bridgehead atoms. The van der Waals surface area contributed by atoms with E-state index < -0.39 is 96.7 Å². The minimum Gasteiger partial charge on any atom is -0.479 e. The molecule has 0 radical (unpaired) electrons. The number of nitrogens with two attached hydrogens (primary N) is 1. The summed E-state index contributed by atoms with van der Waals surface area (Å²) in [6.07, 6.45) is -24.9. The van der Waals surface area contributed by atoms with Gasteiger partial charge in [0.1, 0.15) is 6.10 Å². The maximum Gasteiger partial charge on any atom is 0.428 e. The van der Waals surface area contributed by atoms with Crippen molar-refractivity contribution in [3.63, 3.8) is 0 Å². The lowest BCUT2D eigenvalue weighted by Crippen LogP contribution is -2.47. The van der Waals surface area contributed by atoms with Gasteiger partial charge in [-0.1, -0.05) is 0 Å². The minimum absolute atomic E-state index is 0.369.